The summed E-state index contributed by atoms with van der Waals surface area (Å²) in [4.78, 5) is 36.7. The molecule has 1 aliphatic carbocycles. The van der Waals surface area contributed by atoms with Gasteiger partial charge < -0.3 is 20.8 Å². The number of nitrogens with zero attached hydrogens (tertiary/aromatic N) is 1. The summed E-state index contributed by atoms with van der Waals surface area (Å²) >= 11 is 9.51. The van der Waals surface area contributed by atoms with Crippen LogP contribution >= 0.6 is 24.2 Å². The number of aliphatic hydroxyl groups excluding tert-OH is 1. The molecule has 1 atom stereocenters. The summed E-state index contributed by atoms with van der Waals surface area (Å²) in [5.41, 5.74) is 9.09. The Bertz CT molecular complexity index is 1330. The van der Waals surface area contributed by atoms with Gasteiger partial charge in [-0.3, -0.25) is 9.59 Å². The maximum Gasteiger partial charge on any atom is 0.335 e. The second-order valence-corrected chi connectivity index (χ2v) is 11.3. The van der Waals surface area contributed by atoms with E-state index in [0.29, 0.717) is 17.7 Å². The number of carbonyl (C=O) groups excluding carboxylic acids is 2. The number of rotatable bonds is 5. The van der Waals surface area contributed by atoms with Crippen LogP contribution in [0.4, 0.5) is 0 Å². The molecule has 1 saturated carbocycles. The first-order chi connectivity index (χ1) is 20.7. The van der Waals surface area contributed by atoms with Crippen LogP contribution in [0.5, 0.6) is 0 Å². The lowest BCUT2D eigenvalue weighted by Gasteiger charge is -2.40. The normalized spacial score (nSPS) is 15.8. The van der Waals surface area contributed by atoms with E-state index in [2.05, 4.69) is 25.6 Å². The van der Waals surface area contributed by atoms with E-state index in [1.807, 2.05) is 54.3 Å². The lowest BCUT2D eigenvalue weighted by molar-refractivity contribution is -0.120. The van der Waals surface area contributed by atoms with Gasteiger partial charge in [-0.1, -0.05) is 87.2 Å². The molecular weight excluding hydrogens is 584 g/mol. The number of carboxylic acids is 1. The van der Waals surface area contributed by atoms with Crippen molar-refractivity contribution in [2.45, 2.75) is 70.9 Å². The zero-order valence-electron chi connectivity index (χ0n) is 24.9. The van der Waals surface area contributed by atoms with Crippen molar-refractivity contribution in [2.24, 2.45) is 5.73 Å². The summed E-state index contributed by atoms with van der Waals surface area (Å²) in [7, 11) is 0. The molecule has 7 nitrogen and oxygen atoms in total. The molecule has 2 amide bonds. The van der Waals surface area contributed by atoms with E-state index >= 15 is 0 Å². The van der Waals surface area contributed by atoms with Crippen molar-refractivity contribution in [1.29, 1.82) is 0 Å². The van der Waals surface area contributed by atoms with Gasteiger partial charge in [-0.25, -0.2) is 4.79 Å². The molecule has 9 heteroatoms. The number of benzene rings is 3. The van der Waals surface area contributed by atoms with Crippen molar-refractivity contribution in [3.05, 3.63) is 106 Å². The summed E-state index contributed by atoms with van der Waals surface area (Å²) < 4.78 is 0. The van der Waals surface area contributed by atoms with Crippen molar-refractivity contribution in [3.63, 3.8) is 0 Å². The van der Waals surface area contributed by atoms with Gasteiger partial charge in [0.2, 0.25) is 5.91 Å². The number of thiol groups is 1. The highest BCUT2D eigenvalue weighted by Crippen LogP contribution is 2.33. The number of aromatic carboxylic acids is 1. The number of carboxylic acid groups (broad SMARTS) is 1. The standard InChI is InChI=1S/C16H20N2O2.C8H9Cl.C8H8O3.C2H6S/c17-15(19)14-10-18(11-6-2-1-3-7-11)16(20)13-9-5-4-8-12(13)14;1-2-7-4-3-5-8(9)6-7;9-5-6-2-1-3-7(4-6)8(10)11;1-2-3/h4-5,8-9,11,14H,1-3,6-7,10H2,(H2,17,19);3-6H,2H2,1H3;1-4,9H,5H2,(H,10,11);3H,2H2,1H3. The highest BCUT2D eigenvalue weighted by atomic mass is 35.5. The number of nitrogens with two attached hydrogens (primary N) is 1. The largest absolute Gasteiger partial charge is 0.478 e. The van der Waals surface area contributed by atoms with Crippen LogP contribution in [0.2, 0.25) is 5.02 Å². The highest BCUT2D eigenvalue weighted by Gasteiger charge is 2.37. The lowest BCUT2D eigenvalue weighted by atomic mass is 9.85. The fourth-order valence-electron chi connectivity index (χ4n) is 5.04. The fourth-order valence-corrected chi connectivity index (χ4v) is 5.25. The van der Waals surface area contributed by atoms with Crippen LogP contribution in [0.25, 0.3) is 0 Å². The maximum atomic E-state index is 12.7. The first-order valence-electron chi connectivity index (χ1n) is 14.6. The molecule has 3 aromatic rings. The Morgan fingerprint density at radius 3 is 2.14 bits per heavy atom. The molecule has 0 saturated heterocycles. The molecule has 1 heterocycles. The first kappa shape index (κ1) is 35.9. The maximum absolute atomic E-state index is 12.7. The predicted molar refractivity (Wildman–Crippen MR) is 176 cm³/mol. The molecule has 0 spiro atoms. The van der Waals surface area contributed by atoms with Crippen LogP contribution in [-0.2, 0) is 17.8 Å². The van der Waals surface area contributed by atoms with Gasteiger partial charge >= 0.3 is 5.97 Å². The zero-order valence-corrected chi connectivity index (χ0v) is 26.6. The zero-order chi connectivity index (χ0) is 31.8. The minimum Gasteiger partial charge on any atom is -0.478 e. The Balaban J connectivity index is 0.000000237. The number of aryl methyl sites for hydroxylation is 1. The smallest absolute Gasteiger partial charge is 0.335 e. The van der Waals surface area contributed by atoms with E-state index in [1.165, 1.54) is 24.1 Å². The van der Waals surface area contributed by atoms with Crippen LogP contribution in [0, 0.1) is 0 Å². The molecule has 5 rings (SSSR count). The third-order valence-corrected chi connectivity index (χ3v) is 7.45. The Kier molecular flexibility index (Phi) is 15.9. The number of fused-ring (bicyclic) bond motifs is 1. The quantitative estimate of drug-likeness (QED) is 0.233. The van der Waals surface area contributed by atoms with E-state index in [0.717, 1.165) is 48.4 Å². The molecule has 232 valence electrons. The molecule has 3 aromatic carbocycles. The average Bonchev–Trinajstić information content (AvgIpc) is 3.02. The number of aliphatic hydroxyl groups is 1. The molecule has 4 N–H and O–H groups in total. The summed E-state index contributed by atoms with van der Waals surface area (Å²) in [5, 5.41) is 18.0. The first-order valence-corrected chi connectivity index (χ1v) is 15.6. The fraction of sp³-hybridized carbons (Fsp3) is 0.382. The number of carbonyl (C=O) groups is 3. The number of hydrogen-bond acceptors (Lipinski definition) is 5. The molecule has 1 unspecified atom stereocenters. The van der Waals surface area contributed by atoms with Crippen LogP contribution in [0.15, 0.2) is 72.8 Å². The van der Waals surface area contributed by atoms with Crippen LogP contribution in [0.3, 0.4) is 0 Å². The van der Waals surface area contributed by atoms with Crippen molar-refractivity contribution in [1.82, 2.24) is 4.90 Å². The molecule has 1 fully saturated rings. The minimum absolute atomic E-state index is 0.0602. The number of amides is 2. The molecule has 0 aromatic heterocycles. The average molecular weight is 627 g/mol. The van der Waals surface area contributed by atoms with E-state index in [4.69, 9.17) is 27.5 Å². The van der Waals surface area contributed by atoms with Crippen molar-refractivity contribution >= 4 is 42.0 Å². The molecule has 2 aliphatic rings. The molecule has 1 aliphatic heterocycles. The second-order valence-electron chi connectivity index (χ2n) is 10.3. The molecule has 0 radical (unpaired) electrons. The topological polar surface area (TPSA) is 121 Å². The van der Waals surface area contributed by atoms with Gasteiger partial charge in [-0.15, -0.1) is 0 Å². The summed E-state index contributed by atoms with van der Waals surface area (Å²) in [6.07, 6.45) is 6.71. The lowest BCUT2D eigenvalue weighted by Crippen LogP contribution is -2.49. The summed E-state index contributed by atoms with van der Waals surface area (Å²) in [5.74, 6) is -0.679. The SMILES string of the molecule is CCS.CCc1cccc(Cl)c1.NC(=O)C1CN(C2CCCCC2)C(=O)c2ccccc21.O=C(O)c1cccc(CO)c1. The molecular formula is C34H43ClN2O5S. The predicted octanol–water partition coefficient (Wildman–Crippen LogP) is 6.76. The summed E-state index contributed by atoms with van der Waals surface area (Å²) in [6.45, 7) is 4.42. The van der Waals surface area contributed by atoms with E-state index < -0.39 is 5.97 Å². The molecule has 0 bridgehead atoms. The number of hydrogen-bond donors (Lipinski definition) is 4. The van der Waals surface area contributed by atoms with Crippen LogP contribution in [0.1, 0.15) is 89.3 Å². The van der Waals surface area contributed by atoms with Crippen LogP contribution < -0.4 is 5.73 Å². The third kappa shape index (κ3) is 11.4. The minimum atomic E-state index is -0.972. The van der Waals surface area contributed by atoms with Gasteiger partial charge in [0, 0.05) is 23.2 Å². The third-order valence-electron chi connectivity index (χ3n) is 7.22. The van der Waals surface area contributed by atoms with Gasteiger partial charge in [-0.2, -0.15) is 12.6 Å². The summed E-state index contributed by atoms with van der Waals surface area (Å²) in [6, 6.07) is 21.8. The molecule has 43 heavy (non-hydrogen) atoms. The van der Waals surface area contributed by atoms with Gasteiger partial charge in [0.25, 0.3) is 5.91 Å². The Hall–Kier alpha value is -3.33. The van der Waals surface area contributed by atoms with Crippen molar-refractivity contribution in [3.8, 4) is 0 Å². The van der Waals surface area contributed by atoms with Crippen molar-refractivity contribution in [2.75, 3.05) is 12.3 Å². The Morgan fingerprint density at radius 1 is 0.953 bits per heavy atom. The highest BCUT2D eigenvalue weighted by molar-refractivity contribution is 7.80. The van der Waals surface area contributed by atoms with E-state index in [9.17, 15) is 14.4 Å². The van der Waals surface area contributed by atoms with Crippen LogP contribution in [-0.4, -0.2) is 51.2 Å². The van der Waals surface area contributed by atoms with Gasteiger partial charge in [0.15, 0.2) is 0 Å². The van der Waals surface area contributed by atoms with Gasteiger partial charge in [0.1, 0.15) is 0 Å². The van der Waals surface area contributed by atoms with E-state index in [-0.39, 0.29) is 35.9 Å². The number of primary amides is 1. The second kappa shape index (κ2) is 19.1. The Labute approximate surface area is 265 Å². The van der Waals surface area contributed by atoms with Crippen molar-refractivity contribution < 1.29 is 24.6 Å². The van der Waals surface area contributed by atoms with Gasteiger partial charge in [0.05, 0.1) is 18.1 Å². The van der Waals surface area contributed by atoms with E-state index in [1.54, 1.807) is 12.1 Å². The monoisotopic (exact) mass is 626 g/mol. The number of halogens is 1. The Morgan fingerprint density at radius 2 is 1.58 bits per heavy atom. The van der Waals surface area contributed by atoms with Gasteiger partial charge in [-0.05, 0) is 72.0 Å².